The molecule has 0 spiro atoms. The number of aromatic nitrogens is 1. The molecule has 1 unspecified atom stereocenters. The van der Waals surface area contributed by atoms with Gasteiger partial charge < -0.3 is 16.0 Å². The molecule has 2 rings (SSSR count). The quantitative estimate of drug-likeness (QED) is 0.762. The van der Waals surface area contributed by atoms with E-state index in [1.165, 1.54) is 11.3 Å². The summed E-state index contributed by atoms with van der Waals surface area (Å²) in [5.41, 5.74) is 7.10. The number of nitrogens with two attached hydrogens (primary N) is 1. The van der Waals surface area contributed by atoms with E-state index < -0.39 is 0 Å². The summed E-state index contributed by atoms with van der Waals surface area (Å²) in [5.74, 6) is -0.132. The minimum atomic E-state index is -0.132. The Morgan fingerprint density at radius 3 is 2.62 bits per heavy atom. The number of likely N-dealkylation sites (N-methyl/N-ethyl adjacent to an activating group) is 1. The lowest BCUT2D eigenvalue weighted by Crippen LogP contribution is -2.40. The molecule has 24 heavy (non-hydrogen) atoms. The predicted molar refractivity (Wildman–Crippen MR) is 106 cm³/mol. The number of carbonyl (C=O) groups is 1. The number of nitrogens with zero attached hydrogens (tertiary/aromatic N) is 2. The normalized spacial score (nSPS) is 11.0. The second-order valence-electron chi connectivity index (χ2n) is 5.17. The van der Waals surface area contributed by atoms with Gasteiger partial charge in [-0.25, -0.2) is 4.98 Å². The van der Waals surface area contributed by atoms with Crippen molar-refractivity contribution in [3.8, 4) is 0 Å². The van der Waals surface area contributed by atoms with Crippen LogP contribution in [0.2, 0.25) is 0 Å². The Balaban J connectivity index is 0.00000264. The molecule has 5 nitrogen and oxygen atoms in total. The highest BCUT2D eigenvalue weighted by Gasteiger charge is 2.14. The average molecular weight is 391 g/mol. The molecule has 1 aromatic heterocycles. The van der Waals surface area contributed by atoms with Crippen molar-refractivity contribution in [2.45, 2.75) is 19.4 Å². The zero-order valence-corrected chi connectivity index (χ0v) is 16.2. The van der Waals surface area contributed by atoms with Gasteiger partial charge in [0.2, 0.25) is 0 Å². The maximum Gasteiger partial charge on any atom is 0.270 e. The minimum Gasteiger partial charge on any atom is -0.370 e. The molecule has 0 aliphatic carbocycles. The third-order valence-electron chi connectivity index (χ3n) is 3.53. The number of para-hydroxylation sites is 1. The maximum absolute atomic E-state index is 12.1. The zero-order valence-electron chi connectivity index (χ0n) is 13.8. The number of hydrogen-bond acceptors (Lipinski definition) is 5. The lowest BCUT2D eigenvalue weighted by Gasteiger charge is -2.27. The van der Waals surface area contributed by atoms with E-state index in [9.17, 15) is 4.79 Å². The lowest BCUT2D eigenvalue weighted by atomic mass is 10.2. The highest BCUT2D eigenvalue weighted by molar-refractivity contribution is 7.09. The van der Waals surface area contributed by atoms with Crippen LogP contribution in [-0.4, -0.2) is 37.1 Å². The van der Waals surface area contributed by atoms with E-state index in [4.69, 9.17) is 5.73 Å². The molecular weight excluding hydrogens is 367 g/mol. The van der Waals surface area contributed by atoms with E-state index >= 15 is 0 Å². The highest BCUT2D eigenvalue weighted by atomic mass is 35.5. The average Bonchev–Trinajstić information content (AvgIpc) is 3.01. The number of amides is 1. The molecule has 2 aromatic rings. The summed E-state index contributed by atoms with van der Waals surface area (Å²) in [4.78, 5) is 18.5. The molecule has 134 valence electrons. The topological polar surface area (TPSA) is 71.2 Å². The smallest absolute Gasteiger partial charge is 0.270 e. The summed E-state index contributed by atoms with van der Waals surface area (Å²) >= 11 is 1.48. The van der Waals surface area contributed by atoms with E-state index in [1.54, 1.807) is 5.38 Å². The van der Waals surface area contributed by atoms with Crippen molar-refractivity contribution in [2.24, 2.45) is 5.73 Å². The molecule has 0 aliphatic heterocycles. The summed E-state index contributed by atoms with van der Waals surface area (Å²) < 4.78 is 0. The van der Waals surface area contributed by atoms with Crippen molar-refractivity contribution in [1.29, 1.82) is 0 Å². The van der Waals surface area contributed by atoms with Gasteiger partial charge in [-0.05, 0) is 25.6 Å². The van der Waals surface area contributed by atoms with E-state index in [2.05, 4.69) is 34.3 Å². The van der Waals surface area contributed by atoms with Gasteiger partial charge in [-0.2, -0.15) is 0 Å². The molecule has 0 saturated heterocycles. The van der Waals surface area contributed by atoms with E-state index in [0.717, 1.165) is 10.7 Å². The Morgan fingerprint density at radius 1 is 1.33 bits per heavy atom. The van der Waals surface area contributed by atoms with Crippen molar-refractivity contribution in [3.63, 3.8) is 0 Å². The van der Waals surface area contributed by atoms with Gasteiger partial charge in [-0.3, -0.25) is 4.79 Å². The molecule has 3 N–H and O–H groups in total. The Labute approximate surface area is 159 Å². The number of nitrogens with one attached hydrogen (secondary N) is 1. The first-order valence-electron chi connectivity index (χ1n) is 7.32. The number of benzene rings is 1. The molecule has 0 radical (unpaired) electrons. The third kappa shape index (κ3) is 6.28. The van der Waals surface area contributed by atoms with Crippen LogP contribution in [0.3, 0.4) is 0 Å². The number of thiazole rings is 1. The second kappa shape index (κ2) is 11.3. The van der Waals surface area contributed by atoms with Gasteiger partial charge >= 0.3 is 0 Å². The Hall–Kier alpha value is -1.34. The summed E-state index contributed by atoms with van der Waals surface area (Å²) in [5, 5.41) is 5.63. The van der Waals surface area contributed by atoms with Crippen LogP contribution in [0, 0.1) is 0 Å². The van der Waals surface area contributed by atoms with Crippen LogP contribution in [0.15, 0.2) is 35.7 Å². The van der Waals surface area contributed by atoms with E-state index in [1.807, 2.05) is 25.2 Å². The van der Waals surface area contributed by atoms with Crippen molar-refractivity contribution in [2.75, 3.05) is 25.0 Å². The van der Waals surface area contributed by atoms with Crippen LogP contribution < -0.4 is 16.0 Å². The molecule has 8 heteroatoms. The first-order chi connectivity index (χ1) is 10.6. The predicted octanol–water partition coefficient (Wildman–Crippen LogP) is 2.74. The summed E-state index contributed by atoms with van der Waals surface area (Å²) in [7, 11) is 2.02. The molecule has 0 bridgehead atoms. The monoisotopic (exact) mass is 390 g/mol. The van der Waals surface area contributed by atoms with Crippen LogP contribution in [0.4, 0.5) is 5.69 Å². The number of hydrogen-bond donors (Lipinski definition) is 2. The standard InChI is InChI=1S/C16H22N4OS.2ClH/c1-12(20(2)13-6-4-3-5-7-13)10-18-16(21)14-11-22-15(19-14)8-9-17;;/h3-7,11-12H,8-10,17H2,1-2H3,(H,18,21);2*1H. The van der Waals surface area contributed by atoms with Crippen LogP contribution in [0.1, 0.15) is 22.4 Å². The van der Waals surface area contributed by atoms with Crippen LogP contribution in [-0.2, 0) is 6.42 Å². The highest BCUT2D eigenvalue weighted by Crippen LogP contribution is 2.14. The van der Waals surface area contributed by atoms with Crippen molar-refractivity contribution < 1.29 is 4.79 Å². The van der Waals surface area contributed by atoms with Crippen LogP contribution >= 0.6 is 36.2 Å². The molecule has 0 aliphatic rings. The number of carbonyl (C=O) groups excluding carboxylic acids is 1. The largest absolute Gasteiger partial charge is 0.370 e. The second-order valence-corrected chi connectivity index (χ2v) is 6.11. The Bertz CT molecular complexity index is 609. The maximum atomic E-state index is 12.1. The fourth-order valence-electron chi connectivity index (χ4n) is 2.04. The fourth-order valence-corrected chi connectivity index (χ4v) is 2.83. The molecule has 1 amide bonds. The van der Waals surface area contributed by atoms with E-state index in [0.29, 0.717) is 25.2 Å². The molecule has 0 saturated carbocycles. The summed E-state index contributed by atoms with van der Waals surface area (Å²) in [6.45, 7) is 3.19. The van der Waals surface area contributed by atoms with Gasteiger partial charge in [-0.15, -0.1) is 36.2 Å². The van der Waals surface area contributed by atoms with Gasteiger partial charge in [0.25, 0.3) is 5.91 Å². The van der Waals surface area contributed by atoms with Crippen LogP contribution in [0.5, 0.6) is 0 Å². The van der Waals surface area contributed by atoms with Gasteiger partial charge in [0.15, 0.2) is 0 Å². The first kappa shape index (κ1) is 22.7. The number of rotatable bonds is 7. The molecule has 1 heterocycles. The summed E-state index contributed by atoms with van der Waals surface area (Å²) in [6, 6.07) is 10.3. The lowest BCUT2D eigenvalue weighted by molar-refractivity contribution is 0.0947. The fraction of sp³-hybridized carbons (Fsp3) is 0.375. The molecular formula is C16H24Cl2N4OS. The summed E-state index contributed by atoms with van der Waals surface area (Å²) in [6.07, 6.45) is 0.713. The van der Waals surface area contributed by atoms with Gasteiger partial charge in [0.1, 0.15) is 5.69 Å². The number of halogens is 2. The number of anilines is 1. The van der Waals surface area contributed by atoms with Gasteiger partial charge in [-0.1, -0.05) is 18.2 Å². The Morgan fingerprint density at radius 2 is 2.00 bits per heavy atom. The molecule has 1 atom stereocenters. The third-order valence-corrected chi connectivity index (χ3v) is 4.43. The first-order valence-corrected chi connectivity index (χ1v) is 8.20. The van der Waals surface area contributed by atoms with E-state index in [-0.39, 0.29) is 36.8 Å². The van der Waals surface area contributed by atoms with Crippen molar-refractivity contribution in [1.82, 2.24) is 10.3 Å². The SMILES string of the molecule is CC(CNC(=O)c1csc(CCN)n1)N(C)c1ccccc1.Cl.Cl. The zero-order chi connectivity index (χ0) is 15.9. The minimum absolute atomic E-state index is 0. The molecule has 0 fully saturated rings. The Kier molecular flexibility index (Phi) is 10.6. The van der Waals surface area contributed by atoms with Crippen LogP contribution in [0.25, 0.3) is 0 Å². The van der Waals surface area contributed by atoms with Gasteiger partial charge in [0, 0.05) is 37.1 Å². The van der Waals surface area contributed by atoms with Gasteiger partial charge in [0.05, 0.1) is 5.01 Å². The van der Waals surface area contributed by atoms with Crippen molar-refractivity contribution in [3.05, 3.63) is 46.4 Å². The van der Waals surface area contributed by atoms with Crippen molar-refractivity contribution >= 4 is 47.7 Å². The molecule has 1 aromatic carbocycles.